The van der Waals surface area contributed by atoms with Crippen LogP contribution in [0.4, 0.5) is 0 Å². The van der Waals surface area contributed by atoms with E-state index in [9.17, 15) is 9.90 Å². The maximum Gasteiger partial charge on any atom is 0.156 e. The van der Waals surface area contributed by atoms with Gasteiger partial charge in [0.15, 0.2) is 5.78 Å². The first-order valence-corrected chi connectivity index (χ1v) is 10.7. The largest absolute Gasteiger partial charge is 0.391 e. The van der Waals surface area contributed by atoms with E-state index in [1.165, 1.54) is 56.9 Å². The van der Waals surface area contributed by atoms with E-state index in [0.29, 0.717) is 6.42 Å². The third-order valence-electron chi connectivity index (χ3n) is 5.49. The van der Waals surface area contributed by atoms with Gasteiger partial charge >= 0.3 is 0 Å². The molecule has 1 saturated heterocycles. The van der Waals surface area contributed by atoms with Crippen LogP contribution in [0, 0.1) is 0 Å². The summed E-state index contributed by atoms with van der Waals surface area (Å²) < 4.78 is 0. The molecule has 1 aromatic carbocycles. The number of aliphatic hydroxyl groups is 1. The van der Waals surface area contributed by atoms with Gasteiger partial charge < -0.3 is 10.4 Å². The lowest BCUT2D eigenvalue weighted by atomic mass is 9.93. The number of hydrogen-bond donors (Lipinski definition) is 2. The second kappa shape index (κ2) is 12.2. The van der Waals surface area contributed by atoms with Gasteiger partial charge in [-0.15, -0.1) is 0 Å². The van der Waals surface area contributed by atoms with Crippen LogP contribution in [-0.4, -0.2) is 29.6 Å². The quantitative estimate of drug-likeness (QED) is 0.537. The molecular formula is C23H37NO2. The number of aryl methyl sites for hydroxylation is 1. The minimum atomic E-state index is -0.530. The summed E-state index contributed by atoms with van der Waals surface area (Å²) in [6, 6.07) is 8.09. The summed E-state index contributed by atoms with van der Waals surface area (Å²) >= 11 is 0. The monoisotopic (exact) mass is 359 g/mol. The van der Waals surface area contributed by atoms with Gasteiger partial charge in [-0.1, -0.05) is 76.1 Å². The Morgan fingerprint density at radius 2 is 1.62 bits per heavy atom. The molecule has 26 heavy (non-hydrogen) atoms. The second-order valence-electron chi connectivity index (χ2n) is 7.83. The van der Waals surface area contributed by atoms with Crippen molar-refractivity contribution in [1.29, 1.82) is 0 Å². The van der Waals surface area contributed by atoms with Gasteiger partial charge in [0.1, 0.15) is 0 Å². The highest BCUT2D eigenvalue weighted by molar-refractivity contribution is 5.86. The topological polar surface area (TPSA) is 49.3 Å². The van der Waals surface area contributed by atoms with Crippen LogP contribution in [0.25, 0.3) is 0 Å². The molecule has 0 spiro atoms. The number of carbonyl (C=O) groups is 1. The average molecular weight is 360 g/mol. The molecule has 1 heterocycles. The van der Waals surface area contributed by atoms with E-state index < -0.39 is 6.10 Å². The van der Waals surface area contributed by atoms with Gasteiger partial charge in [-0.05, 0) is 43.4 Å². The van der Waals surface area contributed by atoms with Crippen LogP contribution in [-0.2, 0) is 17.6 Å². The third-order valence-corrected chi connectivity index (χ3v) is 5.49. The Kier molecular flexibility index (Phi) is 9.94. The van der Waals surface area contributed by atoms with Crippen molar-refractivity contribution < 1.29 is 9.90 Å². The molecule has 1 aromatic rings. The summed E-state index contributed by atoms with van der Waals surface area (Å²) in [6.45, 7) is 3.09. The number of ketones is 1. The van der Waals surface area contributed by atoms with Crippen LogP contribution in [0.2, 0.25) is 0 Å². The summed E-state index contributed by atoms with van der Waals surface area (Å²) in [5.41, 5.74) is 2.41. The van der Waals surface area contributed by atoms with Crippen molar-refractivity contribution in [2.24, 2.45) is 0 Å². The van der Waals surface area contributed by atoms with Crippen LogP contribution in [0.3, 0.4) is 0 Å². The predicted molar refractivity (Wildman–Crippen MR) is 108 cm³/mol. The van der Waals surface area contributed by atoms with Crippen molar-refractivity contribution in [3.63, 3.8) is 0 Å². The number of carbonyl (C=O) groups excluding carboxylic acids is 1. The van der Waals surface area contributed by atoms with Crippen molar-refractivity contribution in [1.82, 2.24) is 5.32 Å². The fourth-order valence-corrected chi connectivity index (χ4v) is 3.80. The zero-order valence-corrected chi connectivity index (χ0v) is 16.5. The zero-order chi connectivity index (χ0) is 18.6. The van der Waals surface area contributed by atoms with Crippen molar-refractivity contribution in [3.05, 3.63) is 35.4 Å². The van der Waals surface area contributed by atoms with E-state index in [2.05, 4.69) is 36.5 Å². The lowest BCUT2D eigenvalue weighted by molar-refractivity contribution is -0.123. The number of rotatable bonds is 12. The molecule has 2 atom stereocenters. The van der Waals surface area contributed by atoms with Crippen LogP contribution in [0.1, 0.15) is 82.3 Å². The zero-order valence-electron chi connectivity index (χ0n) is 16.5. The van der Waals surface area contributed by atoms with E-state index in [-0.39, 0.29) is 11.8 Å². The average Bonchev–Trinajstić information content (AvgIpc) is 2.65. The van der Waals surface area contributed by atoms with Gasteiger partial charge in [0.05, 0.1) is 12.1 Å². The van der Waals surface area contributed by atoms with E-state index in [4.69, 9.17) is 0 Å². The van der Waals surface area contributed by atoms with Crippen LogP contribution < -0.4 is 5.32 Å². The molecule has 0 amide bonds. The summed E-state index contributed by atoms with van der Waals surface area (Å²) in [7, 11) is 0. The van der Waals surface area contributed by atoms with Crippen molar-refractivity contribution in [2.75, 3.05) is 6.54 Å². The third kappa shape index (κ3) is 7.59. The van der Waals surface area contributed by atoms with Crippen molar-refractivity contribution in [3.8, 4) is 0 Å². The first-order valence-electron chi connectivity index (χ1n) is 10.7. The molecule has 1 aliphatic rings. The van der Waals surface area contributed by atoms with Crippen molar-refractivity contribution >= 4 is 5.78 Å². The number of Topliss-reactive ketones (excluding diaryl/α,β-unsaturated/α-hetero) is 1. The van der Waals surface area contributed by atoms with Gasteiger partial charge in [-0.2, -0.15) is 0 Å². The number of piperidine rings is 1. The standard InChI is InChI=1S/C23H37NO2/c1-2-3-4-5-6-7-8-9-11-19-13-15-20(16-14-19)18-22(26)23-21(25)12-10-17-24-23/h13-16,21,23-25H,2-12,17-18H2,1H3/t21?,23-/m0/s1. The smallest absolute Gasteiger partial charge is 0.156 e. The van der Waals surface area contributed by atoms with Gasteiger partial charge in [0, 0.05) is 6.42 Å². The fraction of sp³-hybridized carbons (Fsp3) is 0.696. The molecular weight excluding hydrogens is 322 g/mol. The lowest BCUT2D eigenvalue weighted by Gasteiger charge is -2.27. The molecule has 3 heteroatoms. The van der Waals surface area contributed by atoms with Crippen LogP contribution >= 0.6 is 0 Å². The predicted octanol–water partition coefficient (Wildman–Crippen LogP) is 4.59. The Bertz CT molecular complexity index is 511. The van der Waals surface area contributed by atoms with E-state index in [1.54, 1.807) is 0 Å². The van der Waals surface area contributed by atoms with Crippen LogP contribution in [0.15, 0.2) is 24.3 Å². The first-order chi connectivity index (χ1) is 12.7. The number of nitrogens with one attached hydrogen (secondary N) is 1. The van der Waals surface area contributed by atoms with Gasteiger partial charge in [0.2, 0.25) is 0 Å². The Balaban J connectivity index is 1.64. The Hall–Kier alpha value is -1.19. The molecule has 146 valence electrons. The van der Waals surface area contributed by atoms with Crippen molar-refractivity contribution in [2.45, 2.75) is 96.1 Å². The highest BCUT2D eigenvalue weighted by atomic mass is 16.3. The molecule has 0 radical (unpaired) electrons. The molecule has 2 rings (SSSR count). The summed E-state index contributed by atoms with van der Waals surface area (Å²) in [4.78, 5) is 12.4. The van der Waals surface area contributed by atoms with E-state index in [0.717, 1.165) is 31.4 Å². The van der Waals surface area contributed by atoms with E-state index in [1.807, 2.05) is 0 Å². The number of benzene rings is 1. The first kappa shape index (κ1) is 21.1. The summed E-state index contributed by atoms with van der Waals surface area (Å²) in [5, 5.41) is 13.1. The molecule has 1 fully saturated rings. The Morgan fingerprint density at radius 3 is 2.27 bits per heavy atom. The number of unbranched alkanes of at least 4 members (excludes halogenated alkanes) is 7. The van der Waals surface area contributed by atoms with E-state index >= 15 is 0 Å². The molecule has 0 saturated carbocycles. The Morgan fingerprint density at radius 1 is 1.00 bits per heavy atom. The molecule has 1 unspecified atom stereocenters. The fourth-order valence-electron chi connectivity index (χ4n) is 3.80. The SMILES string of the molecule is CCCCCCCCCCc1ccc(CC(=O)[C@H]2NCCCC2O)cc1. The molecule has 0 aromatic heterocycles. The summed E-state index contributed by atoms with van der Waals surface area (Å²) in [5.74, 6) is 0.105. The maximum atomic E-state index is 12.4. The lowest BCUT2D eigenvalue weighted by Crippen LogP contribution is -2.50. The number of hydrogen-bond acceptors (Lipinski definition) is 3. The molecule has 1 aliphatic heterocycles. The molecule has 0 bridgehead atoms. The molecule has 0 aliphatic carbocycles. The molecule has 3 nitrogen and oxygen atoms in total. The highest BCUT2D eigenvalue weighted by Crippen LogP contribution is 2.15. The van der Waals surface area contributed by atoms with Gasteiger partial charge in [0.25, 0.3) is 0 Å². The highest BCUT2D eigenvalue weighted by Gasteiger charge is 2.28. The maximum absolute atomic E-state index is 12.4. The summed E-state index contributed by atoms with van der Waals surface area (Å²) in [6.07, 6.45) is 13.5. The minimum absolute atomic E-state index is 0.105. The normalized spacial score (nSPS) is 20.2. The second-order valence-corrected chi connectivity index (χ2v) is 7.83. The Labute approximate surface area is 159 Å². The van der Waals surface area contributed by atoms with Gasteiger partial charge in [-0.25, -0.2) is 0 Å². The number of aliphatic hydroxyl groups excluding tert-OH is 1. The molecule has 2 N–H and O–H groups in total. The van der Waals surface area contributed by atoms with Crippen LogP contribution in [0.5, 0.6) is 0 Å². The van der Waals surface area contributed by atoms with Gasteiger partial charge in [-0.3, -0.25) is 4.79 Å². The minimum Gasteiger partial charge on any atom is -0.391 e.